The molecule has 6 N–H and O–H groups in total. The molecule has 3 aliphatic heterocycles. The number of carbonyl (C=O) groups excluding carboxylic acids is 3. The van der Waals surface area contributed by atoms with Crippen molar-refractivity contribution < 1.29 is 29.0 Å². The number of rotatable bonds is 11. The van der Waals surface area contributed by atoms with E-state index in [-0.39, 0.29) is 41.1 Å². The molecule has 2 aromatic carbocycles. The summed E-state index contributed by atoms with van der Waals surface area (Å²) >= 11 is 0. The number of carboxylic acid groups (broad SMARTS) is 1. The van der Waals surface area contributed by atoms with Crippen LogP contribution in [0.5, 0.6) is 0 Å². The molecule has 0 saturated carbocycles. The summed E-state index contributed by atoms with van der Waals surface area (Å²) < 4.78 is 4.81. The molecule has 4 aromatic rings. The molecule has 296 valence electrons. The van der Waals surface area contributed by atoms with Gasteiger partial charge in [-0.1, -0.05) is 76.2 Å². The molecule has 3 fully saturated rings. The van der Waals surface area contributed by atoms with Crippen LogP contribution in [0.2, 0.25) is 0 Å². The van der Waals surface area contributed by atoms with E-state index in [1.54, 1.807) is 4.90 Å². The Morgan fingerprint density at radius 2 is 1.27 bits per heavy atom. The van der Waals surface area contributed by atoms with Crippen LogP contribution in [-0.4, -0.2) is 104 Å². The van der Waals surface area contributed by atoms with Crippen LogP contribution >= 0.6 is 0 Å². The van der Waals surface area contributed by atoms with E-state index in [2.05, 4.69) is 50.2 Å². The average Bonchev–Trinajstić information content (AvgIpc) is 4.00. The standard InChI is InChI=1S/C41H51N9O6/c1-23(2)33(47-39(53)54)37(51)49-16-6-7-31(49)35-43-18-29(45-35)27-12-8-25(9-13-27)26-10-14-28(15-11-26)30-19-44-36(46-30)32-17-41(20-42-21-41)22-50(32)38(52)34(24(3)4)48-40(55)56-5/h8-15,18-19,23-24,31-34,42,47H,6-7,16-17,20-22H2,1-5H3,(H,43,45)(H,44,46)(H,48,55)(H,53,54)/t31-,32?,33-,34-/m0/s1. The third kappa shape index (κ3) is 7.72. The van der Waals surface area contributed by atoms with Crippen LogP contribution in [0.15, 0.2) is 60.9 Å². The fraction of sp³-hybridized carbons (Fsp3) is 0.463. The average molecular weight is 766 g/mol. The lowest BCUT2D eigenvalue weighted by atomic mass is 9.79. The Hall–Kier alpha value is -5.70. The van der Waals surface area contributed by atoms with Crippen molar-refractivity contribution in [1.82, 2.24) is 45.7 Å². The smallest absolute Gasteiger partial charge is 0.407 e. The molecule has 4 atom stereocenters. The van der Waals surface area contributed by atoms with Gasteiger partial charge in [0.2, 0.25) is 11.8 Å². The van der Waals surface area contributed by atoms with Crippen molar-refractivity contribution in [2.75, 3.05) is 33.3 Å². The molecule has 56 heavy (non-hydrogen) atoms. The number of methoxy groups -OCH3 is 1. The molecule has 4 amide bonds. The number of likely N-dealkylation sites (tertiary alicyclic amines) is 2. The van der Waals surface area contributed by atoms with Gasteiger partial charge in [-0.05, 0) is 42.2 Å². The van der Waals surface area contributed by atoms with E-state index >= 15 is 0 Å². The van der Waals surface area contributed by atoms with Crippen molar-refractivity contribution in [3.05, 3.63) is 72.6 Å². The number of benzene rings is 2. The summed E-state index contributed by atoms with van der Waals surface area (Å²) in [6, 6.07) is 14.3. The monoisotopic (exact) mass is 765 g/mol. The van der Waals surface area contributed by atoms with Gasteiger partial charge in [-0.25, -0.2) is 19.6 Å². The number of carbonyl (C=O) groups is 4. The van der Waals surface area contributed by atoms with Crippen molar-refractivity contribution >= 4 is 24.0 Å². The molecule has 7 rings (SSSR count). The van der Waals surface area contributed by atoms with E-state index in [0.717, 1.165) is 71.8 Å². The lowest BCUT2D eigenvalue weighted by Crippen LogP contribution is -2.56. The third-order valence-corrected chi connectivity index (χ3v) is 11.5. The van der Waals surface area contributed by atoms with Crippen molar-refractivity contribution in [1.29, 1.82) is 0 Å². The maximum Gasteiger partial charge on any atom is 0.407 e. The van der Waals surface area contributed by atoms with Gasteiger partial charge >= 0.3 is 12.2 Å². The molecule has 0 bridgehead atoms. The highest BCUT2D eigenvalue weighted by molar-refractivity contribution is 5.87. The SMILES string of the molecule is COC(=O)N[C@H](C(=O)N1CC2(CNC2)CC1c1nc(-c2ccc(-c3ccc(-c4c[nH]c([C@@H]5CCCN5C(=O)[C@@H](NC(=O)O)C(C)C)n4)cc3)cc2)c[nH]1)C(C)C. The first kappa shape index (κ1) is 38.6. The minimum atomic E-state index is -1.21. The molecule has 0 aliphatic carbocycles. The molecular formula is C41H51N9O6. The van der Waals surface area contributed by atoms with Crippen LogP contribution in [0.25, 0.3) is 33.6 Å². The third-order valence-electron chi connectivity index (χ3n) is 11.5. The van der Waals surface area contributed by atoms with Gasteiger partial charge in [0.05, 0.1) is 30.6 Å². The zero-order valence-corrected chi connectivity index (χ0v) is 32.5. The van der Waals surface area contributed by atoms with Gasteiger partial charge in [0, 0.05) is 55.1 Å². The van der Waals surface area contributed by atoms with Gasteiger partial charge in [0.15, 0.2) is 0 Å². The number of hydrogen-bond donors (Lipinski definition) is 6. The van der Waals surface area contributed by atoms with E-state index in [1.165, 1.54) is 7.11 Å². The number of H-pyrrole nitrogens is 2. The first-order valence-electron chi connectivity index (χ1n) is 19.3. The largest absolute Gasteiger partial charge is 0.465 e. The normalized spacial score (nSPS) is 19.9. The summed E-state index contributed by atoms with van der Waals surface area (Å²) in [6.45, 7) is 10.3. The lowest BCUT2D eigenvalue weighted by Gasteiger charge is -2.39. The number of ether oxygens (including phenoxy) is 1. The van der Waals surface area contributed by atoms with Gasteiger partial charge in [-0.2, -0.15) is 0 Å². The summed E-state index contributed by atoms with van der Waals surface area (Å²) in [4.78, 5) is 70.8. The Morgan fingerprint density at radius 1 is 0.768 bits per heavy atom. The quantitative estimate of drug-likeness (QED) is 0.117. The number of nitrogens with zero attached hydrogens (tertiary/aromatic N) is 4. The number of aromatic nitrogens is 4. The highest BCUT2D eigenvalue weighted by atomic mass is 16.5. The summed E-state index contributed by atoms with van der Waals surface area (Å²) in [5.74, 6) is 0.726. The second kappa shape index (κ2) is 15.8. The Labute approximate surface area is 326 Å². The summed E-state index contributed by atoms with van der Waals surface area (Å²) in [5.41, 5.74) is 5.48. The number of nitrogens with one attached hydrogen (secondary N) is 5. The Morgan fingerprint density at radius 3 is 1.75 bits per heavy atom. The summed E-state index contributed by atoms with van der Waals surface area (Å²) in [7, 11) is 1.29. The number of aromatic amines is 2. The molecule has 3 aliphatic rings. The Kier molecular flexibility index (Phi) is 10.9. The van der Waals surface area contributed by atoms with Crippen LogP contribution in [0.4, 0.5) is 9.59 Å². The van der Waals surface area contributed by atoms with E-state index in [0.29, 0.717) is 18.9 Å². The second-order valence-corrected chi connectivity index (χ2v) is 16.0. The van der Waals surface area contributed by atoms with E-state index in [4.69, 9.17) is 14.7 Å². The molecule has 15 heteroatoms. The van der Waals surface area contributed by atoms with Crippen LogP contribution in [-0.2, 0) is 14.3 Å². The molecule has 5 heterocycles. The summed E-state index contributed by atoms with van der Waals surface area (Å²) in [5, 5.41) is 17.8. The topological polar surface area (TPSA) is 198 Å². The highest BCUT2D eigenvalue weighted by Gasteiger charge is 2.52. The van der Waals surface area contributed by atoms with Gasteiger partial charge in [0.1, 0.15) is 23.7 Å². The first-order chi connectivity index (χ1) is 26.9. The Balaban J connectivity index is 1.03. The molecule has 0 radical (unpaired) electrons. The lowest BCUT2D eigenvalue weighted by molar-refractivity contribution is -0.136. The van der Waals surface area contributed by atoms with Crippen molar-refractivity contribution in [3.8, 4) is 33.6 Å². The molecule has 1 unspecified atom stereocenters. The maximum absolute atomic E-state index is 13.9. The van der Waals surface area contributed by atoms with Gasteiger partial charge in [-0.3, -0.25) is 9.59 Å². The zero-order chi connectivity index (χ0) is 39.7. The number of hydrogen-bond acceptors (Lipinski definition) is 8. The second-order valence-electron chi connectivity index (χ2n) is 16.0. The fourth-order valence-corrected chi connectivity index (χ4v) is 8.26. The summed E-state index contributed by atoms with van der Waals surface area (Å²) in [6.07, 6.45) is 4.23. The van der Waals surface area contributed by atoms with Crippen LogP contribution < -0.4 is 16.0 Å². The van der Waals surface area contributed by atoms with E-state index in [1.807, 2.05) is 69.3 Å². The van der Waals surface area contributed by atoms with Gasteiger partial charge < -0.3 is 45.6 Å². The fourth-order valence-electron chi connectivity index (χ4n) is 8.26. The molecule has 3 saturated heterocycles. The Bertz CT molecular complexity index is 2050. The van der Waals surface area contributed by atoms with Crippen LogP contribution in [0.1, 0.15) is 70.7 Å². The molecule has 15 nitrogen and oxygen atoms in total. The predicted molar refractivity (Wildman–Crippen MR) is 209 cm³/mol. The first-order valence-corrected chi connectivity index (χ1v) is 19.3. The minimum absolute atomic E-state index is 0.0197. The van der Waals surface area contributed by atoms with Crippen LogP contribution in [0.3, 0.4) is 0 Å². The van der Waals surface area contributed by atoms with Crippen molar-refractivity contribution in [2.45, 2.75) is 71.1 Å². The van der Waals surface area contributed by atoms with Gasteiger partial charge in [0.25, 0.3) is 0 Å². The molecule has 2 aromatic heterocycles. The molecule has 1 spiro atoms. The van der Waals surface area contributed by atoms with Crippen LogP contribution in [0, 0.1) is 17.3 Å². The van der Waals surface area contributed by atoms with Crippen molar-refractivity contribution in [2.24, 2.45) is 17.3 Å². The number of alkyl carbamates (subject to hydrolysis) is 1. The van der Waals surface area contributed by atoms with E-state index in [9.17, 15) is 24.3 Å². The van der Waals surface area contributed by atoms with E-state index < -0.39 is 24.3 Å². The zero-order valence-electron chi connectivity index (χ0n) is 32.5. The highest BCUT2D eigenvalue weighted by Crippen LogP contribution is 2.45. The van der Waals surface area contributed by atoms with Crippen molar-refractivity contribution in [3.63, 3.8) is 0 Å². The molecular weight excluding hydrogens is 715 g/mol. The number of imidazole rings is 2. The minimum Gasteiger partial charge on any atom is -0.465 e. The van der Waals surface area contributed by atoms with Gasteiger partial charge in [-0.15, -0.1) is 0 Å². The number of amides is 4. The predicted octanol–water partition coefficient (Wildman–Crippen LogP) is 5.33. The maximum atomic E-state index is 13.9.